The van der Waals surface area contributed by atoms with Gasteiger partial charge < -0.3 is 15.1 Å². The zero-order valence-electron chi connectivity index (χ0n) is 13.6. The minimum atomic E-state index is -0.701. The Labute approximate surface area is 150 Å². The number of aromatic hydroxyl groups is 1. The Morgan fingerprint density at radius 2 is 2.00 bits per heavy atom. The van der Waals surface area contributed by atoms with E-state index in [0.717, 1.165) is 18.3 Å². The van der Waals surface area contributed by atoms with E-state index in [4.69, 9.17) is 16.7 Å². The van der Waals surface area contributed by atoms with E-state index in [9.17, 15) is 15.2 Å². The molecule has 2 N–H and O–H groups in total. The molecule has 132 valence electrons. The van der Waals surface area contributed by atoms with E-state index >= 15 is 0 Å². The van der Waals surface area contributed by atoms with Gasteiger partial charge in [0, 0.05) is 41.6 Å². The fourth-order valence-corrected chi connectivity index (χ4v) is 2.55. The largest absolute Gasteiger partial charge is 0.502 e. The summed E-state index contributed by atoms with van der Waals surface area (Å²) < 4.78 is 0. The monoisotopic (exact) mass is 363 g/mol. The van der Waals surface area contributed by atoms with Crippen molar-refractivity contribution in [1.29, 1.82) is 0 Å². The van der Waals surface area contributed by atoms with Gasteiger partial charge in [-0.3, -0.25) is 15.1 Å². The number of halogens is 1. The van der Waals surface area contributed by atoms with Crippen molar-refractivity contribution < 1.29 is 15.1 Å². The van der Waals surface area contributed by atoms with Crippen LogP contribution in [0.4, 0.5) is 17.1 Å². The van der Waals surface area contributed by atoms with Crippen LogP contribution in [-0.2, 0) is 0 Å². The number of likely N-dealkylation sites (N-methyl/N-ethyl adjacent to an activating group) is 1. The summed E-state index contributed by atoms with van der Waals surface area (Å²) >= 11 is 5.85. The normalized spacial score (nSPS) is 11.0. The Morgan fingerprint density at radius 1 is 1.32 bits per heavy atom. The van der Waals surface area contributed by atoms with Crippen molar-refractivity contribution in [3.63, 3.8) is 0 Å². The van der Waals surface area contributed by atoms with Crippen molar-refractivity contribution in [3.8, 4) is 5.75 Å². The van der Waals surface area contributed by atoms with E-state index in [-0.39, 0.29) is 17.2 Å². The number of nitro groups is 1. The maximum atomic E-state index is 10.9. The van der Waals surface area contributed by atoms with Crippen LogP contribution in [0.1, 0.15) is 12.5 Å². The summed E-state index contributed by atoms with van der Waals surface area (Å²) in [6, 6.07) is 9.79. The summed E-state index contributed by atoms with van der Waals surface area (Å²) in [5.74, 6) is -0.477. The number of aliphatic hydroxyl groups excluding tert-OH is 1. The number of hydrogen-bond donors (Lipinski definition) is 2. The number of rotatable bonds is 7. The van der Waals surface area contributed by atoms with Crippen LogP contribution >= 0.6 is 11.6 Å². The van der Waals surface area contributed by atoms with Crippen LogP contribution in [0.5, 0.6) is 5.75 Å². The third-order valence-corrected chi connectivity index (χ3v) is 3.82. The number of aliphatic hydroxyl groups is 1. The topological polar surface area (TPSA) is 99.2 Å². The van der Waals surface area contributed by atoms with Crippen molar-refractivity contribution in [2.45, 2.75) is 6.92 Å². The molecule has 8 heteroatoms. The molecule has 25 heavy (non-hydrogen) atoms. The Balaban J connectivity index is 2.24. The quantitative estimate of drug-likeness (QED) is 0.445. The van der Waals surface area contributed by atoms with Gasteiger partial charge in [0.1, 0.15) is 0 Å². The zero-order chi connectivity index (χ0) is 18.4. The molecule has 0 aliphatic carbocycles. The van der Waals surface area contributed by atoms with Crippen molar-refractivity contribution in [2.24, 2.45) is 4.99 Å². The van der Waals surface area contributed by atoms with Crippen LogP contribution in [0, 0.1) is 10.1 Å². The second-order valence-electron chi connectivity index (χ2n) is 5.20. The molecule has 0 spiro atoms. The van der Waals surface area contributed by atoms with E-state index < -0.39 is 16.4 Å². The first-order valence-electron chi connectivity index (χ1n) is 7.63. The number of nitrogens with zero attached hydrogens (tertiary/aromatic N) is 3. The van der Waals surface area contributed by atoms with Gasteiger partial charge in [-0.15, -0.1) is 0 Å². The molecule has 0 unspecified atom stereocenters. The molecule has 0 aromatic heterocycles. The molecule has 0 bridgehead atoms. The summed E-state index contributed by atoms with van der Waals surface area (Å²) in [4.78, 5) is 16.4. The van der Waals surface area contributed by atoms with Gasteiger partial charge in [-0.2, -0.15) is 0 Å². The summed E-state index contributed by atoms with van der Waals surface area (Å²) in [5.41, 5.74) is 1.27. The molecule has 0 amide bonds. The number of anilines is 1. The maximum absolute atomic E-state index is 10.9. The molecule has 0 fully saturated rings. The molecular weight excluding hydrogens is 346 g/mol. The predicted octanol–water partition coefficient (Wildman–Crippen LogP) is 3.52. The van der Waals surface area contributed by atoms with Crippen LogP contribution in [-0.4, -0.2) is 41.0 Å². The fraction of sp³-hybridized carbons (Fsp3) is 0.235. The molecule has 0 heterocycles. The lowest BCUT2D eigenvalue weighted by Crippen LogP contribution is -2.25. The van der Waals surface area contributed by atoms with Crippen LogP contribution in [0.2, 0.25) is 5.02 Å². The predicted molar refractivity (Wildman–Crippen MR) is 98.4 cm³/mol. The average Bonchev–Trinajstić information content (AvgIpc) is 2.60. The minimum absolute atomic E-state index is 0.0700. The van der Waals surface area contributed by atoms with Gasteiger partial charge >= 0.3 is 5.69 Å². The second-order valence-corrected chi connectivity index (χ2v) is 5.63. The number of phenols is 1. The lowest BCUT2D eigenvalue weighted by Gasteiger charge is -2.21. The molecule has 2 rings (SSSR count). The summed E-state index contributed by atoms with van der Waals surface area (Å²) in [5, 5.41) is 30.0. The Morgan fingerprint density at radius 3 is 2.56 bits per heavy atom. The van der Waals surface area contributed by atoms with E-state index in [1.54, 1.807) is 12.1 Å². The van der Waals surface area contributed by atoms with E-state index in [1.807, 2.05) is 24.0 Å². The number of phenolic OH excluding ortho intramolecular Hbond substituents is 1. The molecule has 0 saturated carbocycles. The van der Waals surface area contributed by atoms with Gasteiger partial charge in [-0.25, -0.2) is 0 Å². The number of hydrogen-bond acceptors (Lipinski definition) is 6. The molecule has 0 aliphatic rings. The fourth-order valence-electron chi connectivity index (χ4n) is 2.33. The van der Waals surface area contributed by atoms with Crippen LogP contribution < -0.4 is 4.90 Å². The standard InChI is InChI=1S/C17H18ClN3O4/c1-2-20(7-8-22)15-5-3-14(4-6-15)19-11-12-9-13(18)10-16(17(12)23)21(24)25/h3-6,9-11,22-23H,2,7-8H2,1H3. The van der Waals surface area contributed by atoms with Crippen LogP contribution in [0.25, 0.3) is 0 Å². The van der Waals surface area contributed by atoms with Crippen LogP contribution in [0.3, 0.4) is 0 Å². The average molecular weight is 364 g/mol. The van der Waals surface area contributed by atoms with Gasteiger partial charge in [-0.05, 0) is 37.3 Å². The summed E-state index contributed by atoms with van der Waals surface area (Å²) in [6.07, 6.45) is 1.33. The highest BCUT2D eigenvalue weighted by molar-refractivity contribution is 6.31. The first kappa shape index (κ1) is 18.7. The van der Waals surface area contributed by atoms with Crippen LogP contribution in [0.15, 0.2) is 41.4 Å². The van der Waals surface area contributed by atoms with Gasteiger partial charge in [-0.1, -0.05) is 11.6 Å². The third kappa shape index (κ3) is 4.68. The molecule has 2 aromatic carbocycles. The smallest absolute Gasteiger partial charge is 0.312 e. The lowest BCUT2D eigenvalue weighted by molar-refractivity contribution is -0.385. The summed E-state index contributed by atoms with van der Waals surface area (Å²) in [6.45, 7) is 3.37. The van der Waals surface area contributed by atoms with Gasteiger partial charge in [0.15, 0.2) is 0 Å². The van der Waals surface area contributed by atoms with Gasteiger partial charge in [0.25, 0.3) is 0 Å². The number of benzene rings is 2. The highest BCUT2D eigenvalue weighted by Crippen LogP contribution is 2.32. The minimum Gasteiger partial charge on any atom is -0.502 e. The van der Waals surface area contributed by atoms with E-state index in [0.29, 0.717) is 12.2 Å². The molecule has 2 aromatic rings. The SMILES string of the molecule is CCN(CCO)c1ccc(N=Cc2cc(Cl)cc([N+](=O)[O-])c2O)cc1. The van der Waals surface area contributed by atoms with Crippen molar-refractivity contribution in [2.75, 3.05) is 24.6 Å². The molecule has 0 saturated heterocycles. The Hall–Kier alpha value is -2.64. The van der Waals surface area contributed by atoms with Crippen molar-refractivity contribution in [3.05, 3.63) is 57.1 Å². The molecule has 0 aliphatic heterocycles. The van der Waals surface area contributed by atoms with Crippen molar-refractivity contribution in [1.82, 2.24) is 0 Å². The lowest BCUT2D eigenvalue weighted by atomic mass is 10.2. The highest BCUT2D eigenvalue weighted by Gasteiger charge is 2.17. The summed E-state index contributed by atoms with van der Waals surface area (Å²) in [7, 11) is 0. The molecular formula is C17H18ClN3O4. The highest BCUT2D eigenvalue weighted by atomic mass is 35.5. The second kappa shape index (κ2) is 8.46. The van der Waals surface area contributed by atoms with Crippen molar-refractivity contribution >= 4 is 34.9 Å². The first-order valence-corrected chi connectivity index (χ1v) is 8.01. The number of nitro benzene ring substituents is 1. The number of aliphatic imine (C=N–C) groups is 1. The Kier molecular flexibility index (Phi) is 6.32. The molecule has 0 radical (unpaired) electrons. The first-order chi connectivity index (χ1) is 12.0. The Bertz CT molecular complexity index is 778. The maximum Gasteiger partial charge on any atom is 0.312 e. The third-order valence-electron chi connectivity index (χ3n) is 3.60. The molecule has 7 nitrogen and oxygen atoms in total. The van der Waals surface area contributed by atoms with Gasteiger partial charge in [0.05, 0.1) is 17.2 Å². The van der Waals surface area contributed by atoms with Gasteiger partial charge in [0.2, 0.25) is 5.75 Å². The van der Waals surface area contributed by atoms with E-state index in [2.05, 4.69) is 4.99 Å². The zero-order valence-corrected chi connectivity index (χ0v) is 14.3. The van der Waals surface area contributed by atoms with E-state index in [1.165, 1.54) is 12.3 Å². The molecule has 0 atom stereocenters.